The van der Waals surface area contributed by atoms with E-state index in [4.69, 9.17) is 28.8 Å². The van der Waals surface area contributed by atoms with E-state index in [0.717, 1.165) is 28.5 Å². The van der Waals surface area contributed by atoms with Crippen LogP contribution in [0.4, 0.5) is 18.3 Å². The maximum absolute atomic E-state index is 15.5. The van der Waals surface area contributed by atoms with Crippen LogP contribution < -0.4 is 25.5 Å². The second-order valence-corrected chi connectivity index (χ2v) is 22.3. The van der Waals surface area contributed by atoms with E-state index in [9.17, 15) is 32.8 Å². The van der Waals surface area contributed by atoms with Gasteiger partial charge in [0.1, 0.15) is 65.7 Å². The van der Waals surface area contributed by atoms with Crippen LogP contribution in [0.5, 0.6) is 11.5 Å². The van der Waals surface area contributed by atoms with Crippen LogP contribution in [-0.4, -0.2) is 83.6 Å². The van der Waals surface area contributed by atoms with Crippen molar-refractivity contribution in [2.75, 3.05) is 38.2 Å². The average Bonchev–Trinajstić information content (AvgIpc) is 4.01. The van der Waals surface area contributed by atoms with Crippen LogP contribution in [0.15, 0.2) is 176 Å². The van der Waals surface area contributed by atoms with Gasteiger partial charge in [-0.3, -0.25) is 19.3 Å². The molecule has 0 spiro atoms. The van der Waals surface area contributed by atoms with Gasteiger partial charge in [0, 0.05) is 22.3 Å². The molecule has 1 fully saturated rings. The predicted octanol–water partition coefficient (Wildman–Crippen LogP) is 10.5. The topological polar surface area (TPSA) is 184 Å². The molecule has 1 unspecified atom stereocenters. The van der Waals surface area contributed by atoms with Gasteiger partial charge in [-0.25, -0.2) is 27.7 Å². The summed E-state index contributed by atoms with van der Waals surface area (Å²) in [7, 11) is 4.26. The number of anilines is 1. The number of fused-ring (bicyclic) bond motifs is 2. The maximum atomic E-state index is 15.5. The van der Waals surface area contributed by atoms with Crippen LogP contribution in [-0.2, 0) is 47.4 Å². The van der Waals surface area contributed by atoms with Gasteiger partial charge in [0.2, 0.25) is 5.43 Å². The first-order chi connectivity index (χ1) is 39.3. The number of thioether (sulfide) groups is 2. The van der Waals surface area contributed by atoms with Crippen molar-refractivity contribution in [3.8, 4) is 11.5 Å². The summed E-state index contributed by atoms with van der Waals surface area (Å²) in [5.74, 6) is -7.68. The van der Waals surface area contributed by atoms with Crippen molar-refractivity contribution in [3.05, 3.63) is 229 Å². The number of methoxy groups -OCH3 is 2. The Labute approximate surface area is 477 Å². The lowest BCUT2D eigenvalue weighted by Crippen LogP contribution is -2.71. The minimum atomic E-state index is -1.82. The summed E-state index contributed by atoms with van der Waals surface area (Å²) in [5.41, 5.74) is 1.25. The summed E-state index contributed by atoms with van der Waals surface area (Å²) in [6.07, 6.45) is 0. The lowest BCUT2D eigenvalue weighted by molar-refractivity contribution is -0.153. The molecule has 0 radical (unpaired) electrons. The molecule has 2 aliphatic rings. The van der Waals surface area contributed by atoms with Crippen molar-refractivity contribution in [1.82, 2.24) is 15.2 Å². The third kappa shape index (κ3) is 11.4. The number of thiazole rings is 1. The lowest BCUT2D eigenvalue weighted by atomic mass is 9.77. The normalized spacial score (nSPS) is 15.1. The molecule has 10 rings (SSSR count). The first-order valence-corrected chi connectivity index (χ1v) is 28.4. The van der Waals surface area contributed by atoms with E-state index < -0.39 is 79.2 Å². The molecule has 2 atom stereocenters. The Hall–Kier alpha value is -8.44. The summed E-state index contributed by atoms with van der Waals surface area (Å²) in [5, 5.41) is 11.1. The molecular formula is C59H46F3N5O10S4. The van der Waals surface area contributed by atoms with E-state index >= 15 is 4.39 Å². The number of oxime groups is 1. The van der Waals surface area contributed by atoms with Gasteiger partial charge < -0.3 is 34.4 Å². The minimum absolute atomic E-state index is 0.0425. The Morgan fingerprint density at radius 2 is 1.31 bits per heavy atom. The minimum Gasteiger partial charge on any atom is -0.497 e. The number of nitrogens with one attached hydrogen (secondary N) is 2. The Morgan fingerprint density at radius 1 is 0.753 bits per heavy atom. The van der Waals surface area contributed by atoms with Crippen molar-refractivity contribution >= 4 is 90.9 Å². The van der Waals surface area contributed by atoms with E-state index in [2.05, 4.69) is 15.8 Å². The van der Waals surface area contributed by atoms with Gasteiger partial charge in [0.25, 0.3) is 11.8 Å². The van der Waals surface area contributed by atoms with Crippen molar-refractivity contribution in [1.29, 1.82) is 0 Å². The quantitative estimate of drug-likeness (QED) is 0.0140. The van der Waals surface area contributed by atoms with Crippen molar-refractivity contribution in [3.63, 3.8) is 0 Å². The summed E-state index contributed by atoms with van der Waals surface area (Å²) in [6, 6.07) is 42.2. The lowest BCUT2D eigenvalue weighted by Gasteiger charge is -2.49. The van der Waals surface area contributed by atoms with Crippen molar-refractivity contribution in [2.24, 2.45) is 5.16 Å². The molecule has 22 heteroatoms. The monoisotopic (exact) mass is 1170 g/mol. The smallest absolute Gasteiger partial charge is 0.355 e. The molecule has 0 bridgehead atoms. The van der Waals surface area contributed by atoms with Crippen LogP contribution in [0.25, 0.3) is 10.1 Å². The number of benzene rings is 6. The zero-order valence-electron chi connectivity index (χ0n) is 43.1. The number of rotatable bonds is 20. The van der Waals surface area contributed by atoms with E-state index in [0.29, 0.717) is 50.7 Å². The standard InChI is InChI=1S/C59H46F3N5O10S4/c1-73-39-23-19-33(20-24-39)28-76-55(71)44-50(68)41-27-42(60)45(61)46(62)51(41)81-57(44)79-31-35-30-78-54-48(53(70)67(54)49(35)56(72)77-29-34-21-25-40(74-2)26-22-34)64-52(69)47(66-75-3)43-32-80-58(63-43)65-59(36-13-7-4-8-14-36,37-15-9-5-10-16-37)38-17-11-6-12-18-38/h4-27,32,48,54H,28-31H2,1-3H3,(H,63,65)(H,64,69)/b66-47-/t48?,54-/m1/s1. The fraction of sp³-hybridized carbons (Fsp3) is 0.169. The van der Waals surface area contributed by atoms with E-state index in [1.807, 2.05) is 91.0 Å². The van der Waals surface area contributed by atoms with Gasteiger partial charge in [0.05, 0.1) is 23.1 Å². The van der Waals surface area contributed by atoms with Gasteiger partial charge in [-0.05, 0) is 63.7 Å². The SMILES string of the molecule is CO/N=C(\C(=O)NC1C(=O)N2C(C(=O)OCc3ccc(OC)cc3)=C(CSc3sc4c(F)c(F)c(F)cc4c(=O)c3C(=O)OCc3ccc(OC)cc3)CS[C@H]12)c1csc(NC(c2ccccc2)(c2ccccc2)c2ccccc2)n1. The molecule has 15 nitrogen and oxygen atoms in total. The van der Waals surface area contributed by atoms with Crippen LogP contribution in [0.1, 0.15) is 43.9 Å². The first-order valence-electron chi connectivity index (χ1n) is 24.7. The first kappa shape index (κ1) is 55.9. The second kappa shape index (κ2) is 24.5. The summed E-state index contributed by atoms with van der Waals surface area (Å²) < 4.78 is 65.9. The Balaban J connectivity index is 0.934. The van der Waals surface area contributed by atoms with Gasteiger partial charge in [-0.15, -0.1) is 46.2 Å². The van der Waals surface area contributed by atoms with E-state index in [-0.39, 0.29) is 46.0 Å². The third-order valence-electron chi connectivity index (χ3n) is 13.2. The molecule has 2 aliphatic heterocycles. The van der Waals surface area contributed by atoms with Crippen LogP contribution >= 0.6 is 46.2 Å². The molecule has 2 aromatic heterocycles. The highest BCUT2D eigenvalue weighted by molar-refractivity contribution is 8.02. The molecular weight excluding hydrogens is 1120 g/mol. The predicted molar refractivity (Wildman–Crippen MR) is 304 cm³/mol. The Morgan fingerprint density at radius 3 is 1.85 bits per heavy atom. The summed E-state index contributed by atoms with van der Waals surface area (Å²) in [4.78, 5) is 82.4. The van der Waals surface area contributed by atoms with Crippen molar-refractivity contribution < 1.29 is 56.1 Å². The number of nitrogens with zero attached hydrogens (tertiary/aromatic N) is 3. The zero-order valence-corrected chi connectivity index (χ0v) is 46.4. The number of β-lactam (4-membered cyclic amide) rings is 1. The number of carbonyl (C=O) groups is 4. The van der Waals surface area contributed by atoms with E-state index in [1.165, 1.54) is 49.3 Å². The highest BCUT2D eigenvalue weighted by atomic mass is 32.2. The molecule has 2 N–H and O–H groups in total. The number of hydrogen-bond acceptors (Lipinski definition) is 17. The second-order valence-electron chi connectivity index (χ2n) is 18.0. The molecule has 6 aromatic carbocycles. The highest BCUT2D eigenvalue weighted by Crippen LogP contribution is 2.44. The van der Waals surface area contributed by atoms with Crippen LogP contribution in [0.2, 0.25) is 0 Å². The number of carbonyl (C=O) groups excluding carboxylic acids is 4. The largest absolute Gasteiger partial charge is 0.497 e. The van der Waals surface area contributed by atoms with Crippen LogP contribution in [0, 0.1) is 17.5 Å². The van der Waals surface area contributed by atoms with Crippen LogP contribution in [0.3, 0.4) is 0 Å². The number of amides is 2. The number of ether oxygens (including phenoxy) is 4. The number of esters is 2. The maximum Gasteiger partial charge on any atom is 0.355 e. The van der Waals surface area contributed by atoms with Gasteiger partial charge in [-0.2, -0.15) is 0 Å². The van der Waals surface area contributed by atoms with Crippen molar-refractivity contribution in [2.45, 2.75) is 34.4 Å². The molecule has 1 saturated heterocycles. The summed E-state index contributed by atoms with van der Waals surface area (Å²) >= 11 is 3.77. The number of aromatic nitrogens is 1. The van der Waals surface area contributed by atoms with Gasteiger partial charge in [0.15, 0.2) is 28.3 Å². The van der Waals surface area contributed by atoms with Gasteiger partial charge in [-0.1, -0.05) is 120 Å². The molecule has 0 aliphatic carbocycles. The fourth-order valence-corrected chi connectivity index (χ4v) is 13.9. The third-order valence-corrected chi connectivity index (χ3v) is 17.9. The van der Waals surface area contributed by atoms with E-state index in [1.54, 1.807) is 53.9 Å². The molecule has 412 valence electrons. The molecule has 8 aromatic rings. The highest BCUT2D eigenvalue weighted by Gasteiger charge is 2.55. The Kier molecular flexibility index (Phi) is 16.9. The summed E-state index contributed by atoms with van der Waals surface area (Å²) in [6.45, 7) is -0.530. The zero-order chi connectivity index (χ0) is 56.8. The average molecular weight is 1170 g/mol. The molecule has 2 amide bonds. The fourth-order valence-electron chi connectivity index (χ4n) is 9.20. The number of hydrogen-bond donors (Lipinski definition) is 2. The molecule has 81 heavy (non-hydrogen) atoms. The molecule has 4 heterocycles. The van der Waals surface area contributed by atoms with Gasteiger partial charge >= 0.3 is 11.9 Å². The Bertz CT molecular complexity index is 3700. The molecule has 0 saturated carbocycles. The number of halogens is 3.